The van der Waals surface area contributed by atoms with Crippen LogP contribution in [-0.4, -0.2) is 17.7 Å². The third-order valence-electron chi connectivity index (χ3n) is 3.31. The summed E-state index contributed by atoms with van der Waals surface area (Å²) in [5.41, 5.74) is 1.57. The van der Waals surface area contributed by atoms with Gasteiger partial charge in [0.15, 0.2) is 5.17 Å². The van der Waals surface area contributed by atoms with Crippen molar-refractivity contribution in [2.24, 2.45) is 4.99 Å². The van der Waals surface area contributed by atoms with Crippen molar-refractivity contribution in [2.45, 2.75) is 0 Å². The summed E-state index contributed by atoms with van der Waals surface area (Å²) in [6.45, 7) is 4.04. The number of halogens is 2. The van der Waals surface area contributed by atoms with Crippen LogP contribution in [0.25, 0.3) is 6.08 Å². The number of carbonyl (C=O) groups is 1. The summed E-state index contributed by atoms with van der Waals surface area (Å²) in [6, 6.07) is 13.3. The van der Waals surface area contributed by atoms with Gasteiger partial charge < -0.3 is 10.1 Å². The molecule has 1 N–H and O–H groups in total. The van der Waals surface area contributed by atoms with E-state index in [9.17, 15) is 4.79 Å². The van der Waals surface area contributed by atoms with Gasteiger partial charge in [0.1, 0.15) is 12.4 Å². The highest BCUT2D eigenvalue weighted by Gasteiger charge is 2.24. The lowest BCUT2D eigenvalue weighted by molar-refractivity contribution is -0.115. The van der Waals surface area contributed by atoms with Crippen LogP contribution in [0.1, 0.15) is 5.56 Å². The maximum absolute atomic E-state index is 12.3. The van der Waals surface area contributed by atoms with E-state index >= 15 is 0 Å². The molecular weight excluding hydrogens is 480 g/mol. The predicted molar refractivity (Wildman–Crippen MR) is 115 cm³/mol. The van der Waals surface area contributed by atoms with Crippen molar-refractivity contribution in [1.29, 1.82) is 0 Å². The number of nitrogens with zero attached hydrogens (tertiary/aromatic N) is 1. The van der Waals surface area contributed by atoms with Gasteiger partial charge in [-0.1, -0.05) is 46.8 Å². The number of rotatable bonds is 5. The fourth-order valence-electron chi connectivity index (χ4n) is 2.22. The Labute approximate surface area is 172 Å². The predicted octanol–water partition coefficient (Wildman–Crippen LogP) is 5.67. The Morgan fingerprint density at radius 3 is 2.73 bits per heavy atom. The van der Waals surface area contributed by atoms with E-state index in [2.05, 4.69) is 48.7 Å². The topological polar surface area (TPSA) is 50.7 Å². The molecule has 0 saturated carbocycles. The van der Waals surface area contributed by atoms with E-state index in [0.29, 0.717) is 22.4 Å². The molecule has 2 aromatic carbocycles. The molecule has 2 aromatic rings. The highest BCUT2D eigenvalue weighted by molar-refractivity contribution is 9.11. The van der Waals surface area contributed by atoms with Crippen LogP contribution < -0.4 is 10.1 Å². The fourth-order valence-corrected chi connectivity index (χ4v) is 4.43. The first-order valence-corrected chi connectivity index (χ1v) is 10.0. The van der Waals surface area contributed by atoms with Crippen molar-refractivity contribution in [1.82, 2.24) is 5.32 Å². The molecule has 1 saturated heterocycles. The number of thioether (sulfide) groups is 1. The summed E-state index contributed by atoms with van der Waals surface area (Å²) in [7, 11) is 0. The monoisotopic (exact) mass is 492 g/mol. The lowest BCUT2D eigenvalue weighted by Crippen LogP contribution is -2.19. The number of ether oxygens (including phenoxy) is 1. The van der Waals surface area contributed by atoms with Crippen molar-refractivity contribution in [3.05, 3.63) is 74.5 Å². The zero-order valence-electron chi connectivity index (χ0n) is 13.5. The summed E-state index contributed by atoms with van der Waals surface area (Å²) in [4.78, 5) is 17.3. The molecule has 1 fully saturated rings. The van der Waals surface area contributed by atoms with E-state index in [0.717, 1.165) is 20.2 Å². The van der Waals surface area contributed by atoms with Crippen LogP contribution in [0.15, 0.2) is 74.0 Å². The van der Waals surface area contributed by atoms with Gasteiger partial charge in [0.05, 0.1) is 15.1 Å². The van der Waals surface area contributed by atoms with Gasteiger partial charge in [-0.05, 0) is 58.0 Å². The Hall–Kier alpha value is -1.83. The first-order valence-electron chi connectivity index (χ1n) is 7.64. The van der Waals surface area contributed by atoms with Gasteiger partial charge in [-0.2, -0.15) is 0 Å². The quantitative estimate of drug-likeness (QED) is 0.431. The first-order chi connectivity index (χ1) is 12.6. The van der Waals surface area contributed by atoms with Gasteiger partial charge in [0.25, 0.3) is 5.91 Å². The van der Waals surface area contributed by atoms with Crippen LogP contribution in [0, 0.1) is 0 Å². The number of amides is 1. The lowest BCUT2D eigenvalue weighted by Gasteiger charge is -2.11. The molecule has 0 atom stereocenters. The maximum atomic E-state index is 12.3. The zero-order valence-corrected chi connectivity index (χ0v) is 17.5. The molecule has 0 spiro atoms. The van der Waals surface area contributed by atoms with Crippen LogP contribution in [0.5, 0.6) is 5.75 Å². The molecule has 1 amide bonds. The summed E-state index contributed by atoms with van der Waals surface area (Å²) >= 11 is 8.27. The standard InChI is InChI=1S/C19H14Br2N2O2S/c1-2-8-25-17-12(9-13(20)11-15(17)21)10-16-18(24)23-19(26-16)22-14-6-4-3-5-7-14/h2-7,9-11H,1,8H2,(H,22,23,24)/b16-10-. The minimum absolute atomic E-state index is 0.185. The number of hydrogen-bond donors (Lipinski definition) is 1. The number of nitrogens with one attached hydrogen (secondary N) is 1. The van der Waals surface area contributed by atoms with E-state index in [1.54, 1.807) is 12.2 Å². The maximum Gasteiger partial charge on any atom is 0.264 e. The number of benzene rings is 2. The van der Waals surface area contributed by atoms with Gasteiger partial charge in [-0.15, -0.1) is 0 Å². The van der Waals surface area contributed by atoms with Crippen molar-refractivity contribution in [3.8, 4) is 5.75 Å². The molecular formula is C19H14Br2N2O2S. The van der Waals surface area contributed by atoms with Gasteiger partial charge in [0, 0.05) is 10.0 Å². The number of carbonyl (C=O) groups excluding carboxylic acids is 1. The summed E-state index contributed by atoms with van der Waals surface area (Å²) in [6.07, 6.45) is 3.47. The second-order valence-electron chi connectivity index (χ2n) is 5.22. The van der Waals surface area contributed by atoms with Gasteiger partial charge in [-0.3, -0.25) is 4.79 Å². The highest BCUT2D eigenvalue weighted by atomic mass is 79.9. The molecule has 0 bridgehead atoms. The Morgan fingerprint density at radius 2 is 2.00 bits per heavy atom. The van der Waals surface area contributed by atoms with E-state index in [4.69, 9.17) is 4.74 Å². The lowest BCUT2D eigenvalue weighted by atomic mass is 10.2. The van der Waals surface area contributed by atoms with E-state index in [1.165, 1.54) is 11.8 Å². The van der Waals surface area contributed by atoms with E-state index < -0.39 is 0 Å². The highest BCUT2D eigenvalue weighted by Crippen LogP contribution is 2.36. The normalized spacial score (nSPS) is 16.8. The smallest absolute Gasteiger partial charge is 0.264 e. The molecule has 0 unspecified atom stereocenters. The third kappa shape index (κ3) is 4.66. The average molecular weight is 494 g/mol. The molecule has 26 heavy (non-hydrogen) atoms. The summed E-state index contributed by atoms with van der Waals surface area (Å²) < 4.78 is 7.41. The Balaban J connectivity index is 1.91. The van der Waals surface area contributed by atoms with Crippen molar-refractivity contribution >= 4 is 66.5 Å². The summed E-state index contributed by atoms with van der Waals surface area (Å²) in [5.74, 6) is 0.470. The minimum atomic E-state index is -0.185. The molecule has 3 rings (SSSR count). The second-order valence-corrected chi connectivity index (χ2v) is 8.02. The number of aliphatic imine (C=N–C) groups is 1. The SMILES string of the molecule is C=CCOc1c(Br)cc(Br)cc1/C=C1\SC(=Nc2ccccc2)NC1=O. The van der Waals surface area contributed by atoms with Crippen LogP contribution >= 0.6 is 43.6 Å². The van der Waals surface area contributed by atoms with Gasteiger partial charge in [0.2, 0.25) is 0 Å². The molecule has 4 nitrogen and oxygen atoms in total. The average Bonchev–Trinajstić information content (AvgIpc) is 2.94. The van der Waals surface area contributed by atoms with Crippen molar-refractivity contribution in [2.75, 3.05) is 6.61 Å². The molecule has 132 valence electrons. The molecule has 0 aliphatic carbocycles. The largest absolute Gasteiger partial charge is 0.488 e. The van der Waals surface area contributed by atoms with E-state index in [1.807, 2.05) is 42.5 Å². The van der Waals surface area contributed by atoms with Gasteiger partial charge >= 0.3 is 0 Å². The molecule has 1 heterocycles. The van der Waals surface area contributed by atoms with Crippen LogP contribution in [0.3, 0.4) is 0 Å². The first kappa shape index (κ1) is 18.9. The Morgan fingerprint density at radius 1 is 1.23 bits per heavy atom. The summed E-state index contributed by atoms with van der Waals surface area (Å²) in [5, 5.41) is 3.34. The van der Waals surface area contributed by atoms with Gasteiger partial charge in [-0.25, -0.2) is 4.99 Å². The Kier molecular flexibility index (Phi) is 6.34. The molecule has 1 aliphatic rings. The molecule has 0 radical (unpaired) electrons. The van der Waals surface area contributed by atoms with E-state index in [-0.39, 0.29) is 5.91 Å². The zero-order chi connectivity index (χ0) is 18.5. The van der Waals surface area contributed by atoms with Crippen molar-refractivity contribution in [3.63, 3.8) is 0 Å². The molecule has 7 heteroatoms. The molecule has 0 aromatic heterocycles. The van der Waals surface area contributed by atoms with Crippen molar-refractivity contribution < 1.29 is 9.53 Å². The second kappa shape index (κ2) is 8.70. The van der Waals surface area contributed by atoms with Crippen LogP contribution in [0.2, 0.25) is 0 Å². The fraction of sp³-hybridized carbons (Fsp3) is 0.0526. The third-order valence-corrected chi connectivity index (χ3v) is 5.26. The minimum Gasteiger partial charge on any atom is -0.488 e. The number of hydrogen-bond acceptors (Lipinski definition) is 4. The van der Waals surface area contributed by atoms with Crippen LogP contribution in [-0.2, 0) is 4.79 Å². The number of amidine groups is 1. The Bertz CT molecular complexity index is 911. The number of para-hydroxylation sites is 1. The molecule has 1 aliphatic heterocycles. The van der Waals surface area contributed by atoms with Crippen LogP contribution in [0.4, 0.5) is 5.69 Å².